The Bertz CT molecular complexity index is 422. The molecule has 1 N–H and O–H groups in total. The highest BCUT2D eigenvalue weighted by Crippen LogP contribution is 2.15. The van der Waals surface area contributed by atoms with Crippen LogP contribution in [0, 0.1) is 10.1 Å². The number of nitro groups is 1. The quantitative estimate of drug-likeness (QED) is 0.357. The number of halogens is 1. The van der Waals surface area contributed by atoms with E-state index in [0.717, 1.165) is 24.6 Å². The summed E-state index contributed by atoms with van der Waals surface area (Å²) in [7, 11) is 0. The third-order valence-corrected chi connectivity index (χ3v) is 2.90. The van der Waals surface area contributed by atoms with Gasteiger partial charge in [-0.15, -0.1) is 0 Å². The predicted octanol–water partition coefficient (Wildman–Crippen LogP) is 3.71. The van der Waals surface area contributed by atoms with Gasteiger partial charge in [-0.3, -0.25) is 15.4 Å². The van der Waals surface area contributed by atoms with Crippen molar-refractivity contribution in [2.75, 3.05) is 17.3 Å². The zero-order valence-electron chi connectivity index (χ0n) is 10.3. The molecule has 6 nitrogen and oxygen atoms in total. The van der Waals surface area contributed by atoms with Crippen molar-refractivity contribution in [3.63, 3.8) is 0 Å². The van der Waals surface area contributed by atoms with Crippen LogP contribution in [0.3, 0.4) is 0 Å². The lowest BCUT2D eigenvalue weighted by Gasteiger charge is -2.06. The van der Waals surface area contributed by atoms with E-state index in [-0.39, 0.29) is 5.69 Å². The van der Waals surface area contributed by atoms with Gasteiger partial charge in [-0.25, -0.2) is 4.79 Å². The molecule has 7 heteroatoms. The number of hydrogen-bond donors (Lipinski definition) is 1. The van der Waals surface area contributed by atoms with Gasteiger partial charge >= 0.3 is 6.09 Å². The first kappa shape index (κ1) is 15.4. The average molecular weight is 331 g/mol. The highest BCUT2D eigenvalue weighted by atomic mass is 79.9. The first-order chi connectivity index (χ1) is 9.13. The van der Waals surface area contributed by atoms with Crippen LogP contribution in [-0.2, 0) is 4.74 Å². The van der Waals surface area contributed by atoms with Crippen LogP contribution < -0.4 is 5.32 Å². The molecule has 0 fully saturated rings. The molecule has 0 aliphatic carbocycles. The standard InChI is InChI=1S/C12H15BrN2O4/c13-8-2-1-3-9-19-12(16)14-10-4-6-11(7-5-10)15(17)18/h4-7H,1-3,8-9H2,(H,14,16). The molecule has 1 amide bonds. The number of amides is 1. The van der Waals surface area contributed by atoms with Crippen LogP contribution in [0.2, 0.25) is 0 Å². The smallest absolute Gasteiger partial charge is 0.411 e. The number of unbranched alkanes of at least 4 members (excludes halogenated alkanes) is 2. The van der Waals surface area contributed by atoms with Gasteiger partial charge in [0, 0.05) is 23.2 Å². The minimum absolute atomic E-state index is 0.0197. The molecule has 0 atom stereocenters. The molecular weight excluding hydrogens is 316 g/mol. The second-order valence-corrected chi connectivity index (χ2v) is 4.61. The molecule has 1 aromatic carbocycles. The van der Waals surface area contributed by atoms with Gasteiger partial charge in [0.25, 0.3) is 5.69 Å². The summed E-state index contributed by atoms with van der Waals surface area (Å²) >= 11 is 3.32. The predicted molar refractivity (Wildman–Crippen MR) is 75.7 cm³/mol. The van der Waals surface area contributed by atoms with Crippen LogP contribution in [0.1, 0.15) is 19.3 Å². The summed E-state index contributed by atoms with van der Waals surface area (Å²) in [6, 6.07) is 5.58. The number of carbonyl (C=O) groups excluding carboxylic acids is 1. The van der Waals surface area contributed by atoms with Gasteiger partial charge in [-0.1, -0.05) is 15.9 Å². The summed E-state index contributed by atoms with van der Waals surface area (Å²) in [5.74, 6) is 0. The molecule has 0 bridgehead atoms. The Morgan fingerprint density at radius 1 is 1.26 bits per heavy atom. The first-order valence-electron chi connectivity index (χ1n) is 5.87. The SMILES string of the molecule is O=C(Nc1ccc([N+](=O)[O-])cc1)OCCCCCBr. The van der Waals surface area contributed by atoms with E-state index in [2.05, 4.69) is 21.2 Å². The molecule has 0 aliphatic heterocycles. The van der Waals surface area contributed by atoms with E-state index in [9.17, 15) is 14.9 Å². The molecule has 0 saturated heterocycles. The van der Waals surface area contributed by atoms with Crippen molar-refractivity contribution in [3.8, 4) is 0 Å². The molecule has 0 spiro atoms. The summed E-state index contributed by atoms with van der Waals surface area (Å²) in [4.78, 5) is 21.3. The maximum absolute atomic E-state index is 11.4. The summed E-state index contributed by atoms with van der Waals surface area (Å²) in [5, 5.41) is 13.9. The zero-order chi connectivity index (χ0) is 14.1. The Labute approximate surface area is 119 Å². The summed E-state index contributed by atoms with van der Waals surface area (Å²) < 4.78 is 4.97. The monoisotopic (exact) mass is 330 g/mol. The van der Waals surface area contributed by atoms with Crippen LogP contribution >= 0.6 is 15.9 Å². The number of anilines is 1. The van der Waals surface area contributed by atoms with E-state index in [1.807, 2.05) is 0 Å². The van der Waals surface area contributed by atoms with Crippen molar-refractivity contribution in [1.82, 2.24) is 0 Å². The molecule has 0 heterocycles. The van der Waals surface area contributed by atoms with Crippen LogP contribution in [0.5, 0.6) is 0 Å². The van der Waals surface area contributed by atoms with Gasteiger partial charge in [0.15, 0.2) is 0 Å². The van der Waals surface area contributed by atoms with E-state index in [1.165, 1.54) is 24.3 Å². The van der Waals surface area contributed by atoms with Crippen molar-refractivity contribution < 1.29 is 14.5 Å². The van der Waals surface area contributed by atoms with Crippen LogP contribution in [-0.4, -0.2) is 23.0 Å². The third kappa shape index (κ3) is 6.19. The molecule has 104 valence electrons. The number of hydrogen-bond acceptors (Lipinski definition) is 4. The van der Waals surface area contributed by atoms with Crippen LogP contribution in [0.15, 0.2) is 24.3 Å². The highest BCUT2D eigenvalue weighted by Gasteiger charge is 2.06. The maximum Gasteiger partial charge on any atom is 0.411 e. The summed E-state index contributed by atoms with van der Waals surface area (Å²) in [5.41, 5.74) is 0.449. The largest absolute Gasteiger partial charge is 0.449 e. The minimum atomic E-state index is -0.548. The fraction of sp³-hybridized carbons (Fsp3) is 0.417. The number of alkyl halides is 1. The number of carbonyl (C=O) groups is 1. The van der Waals surface area contributed by atoms with E-state index in [1.54, 1.807) is 0 Å². The molecule has 0 saturated carbocycles. The second-order valence-electron chi connectivity index (χ2n) is 3.81. The Balaban J connectivity index is 2.30. The molecule has 1 aromatic rings. The fourth-order valence-corrected chi connectivity index (χ4v) is 1.76. The van der Waals surface area contributed by atoms with E-state index >= 15 is 0 Å². The fourth-order valence-electron chi connectivity index (χ4n) is 1.36. The van der Waals surface area contributed by atoms with E-state index < -0.39 is 11.0 Å². The van der Waals surface area contributed by atoms with Crippen LogP contribution in [0.25, 0.3) is 0 Å². The Morgan fingerprint density at radius 2 is 1.95 bits per heavy atom. The maximum atomic E-state index is 11.4. The molecule has 0 aromatic heterocycles. The topological polar surface area (TPSA) is 81.5 Å². The molecule has 19 heavy (non-hydrogen) atoms. The van der Waals surface area contributed by atoms with Gasteiger partial charge in [-0.05, 0) is 31.4 Å². The van der Waals surface area contributed by atoms with Gasteiger partial charge in [-0.2, -0.15) is 0 Å². The van der Waals surface area contributed by atoms with Crippen molar-refractivity contribution >= 4 is 33.4 Å². The molecule has 0 radical (unpaired) electrons. The number of ether oxygens (including phenoxy) is 1. The minimum Gasteiger partial charge on any atom is -0.449 e. The second kappa shape index (κ2) is 8.47. The number of nitrogens with one attached hydrogen (secondary N) is 1. The van der Waals surface area contributed by atoms with Crippen molar-refractivity contribution in [1.29, 1.82) is 0 Å². The van der Waals surface area contributed by atoms with Crippen molar-refractivity contribution in [2.24, 2.45) is 0 Å². The lowest BCUT2D eigenvalue weighted by atomic mass is 10.3. The number of rotatable bonds is 7. The normalized spacial score (nSPS) is 9.95. The first-order valence-corrected chi connectivity index (χ1v) is 7.00. The number of non-ortho nitro benzene ring substituents is 1. The Hall–Kier alpha value is -1.63. The van der Waals surface area contributed by atoms with Gasteiger partial charge in [0.05, 0.1) is 11.5 Å². The summed E-state index contributed by atoms with van der Waals surface area (Å²) in [6.45, 7) is 0.367. The molecule has 1 rings (SSSR count). The Kier molecular flexibility index (Phi) is 6.88. The summed E-state index contributed by atoms with van der Waals surface area (Å²) in [6.07, 6.45) is 2.32. The lowest BCUT2D eigenvalue weighted by molar-refractivity contribution is -0.384. The van der Waals surface area contributed by atoms with E-state index in [4.69, 9.17) is 4.74 Å². The van der Waals surface area contributed by atoms with E-state index in [0.29, 0.717) is 12.3 Å². The van der Waals surface area contributed by atoms with Gasteiger partial charge in [0.2, 0.25) is 0 Å². The highest BCUT2D eigenvalue weighted by molar-refractivity contribution is 9.09. The number of benzene rings is 1. The number of nitrogens with zero attached hydrogens (tertiary/aromatic N) is 1. The van der Waals surface area contributed by atoms with Gasteiger partial charge < -0.3 is 4.74 Å². The van der Waals surface area contributed by atoms with Crippen molar-refractivity contribution in [3.05, 3.63) is 34.4 Å². The third-order valence-electron chi connectivity index (χ3n) is 2.34. The average Bonchev–Trinajstić information content (AvgIpc) is 2.39. The molecule has 0 unspecified atom stereocenters. The van der Waals surface area contributed by atoms with Crippen molar-refractivity contribution in [2.45, 2.75) is 19.3 Å². The zero-order valence-corrected chi connectivity index (χ0v) is 11.9. The molecule has 0 aliphatic rings. The number of nitro benzene ring substituents is 1. The Morgan fingerprint density at radius 3 is 2.53 bits per heavy atom. The lowest BCUT2D eigenvalue weighted by Crippen LogP contribution is -2.14. The van der Waals surface area contributed by atoms with Gasteiger partial charge in [0.1, 0.15) is 0 Å². The molecular formula is C12H15BrN2O4. The van der Waals surface area contributed by atoms with Crippen LogP contribution in [0.4, 0.5) is 16.2 Å².